The standard InChI is InChI=1S/C16H19N.C13H27N.C11H17N.2C10H17N.C10H23N.C8H17N.C8H13N/c1-16(2,3)17(14-10-6-4-7-11-14)15-12-8-5-9-13-15;1-11(2,3)14-12(4,5)9-8-10-13(14,6)7;1-11(2,3)12(4)10-8-6-5-7-9-10;2*1-8-6-7-9(2)11(8)10(3,4)5;1-8(2)11(9(3)4)10(5,6)7;2*1-8(2,3)9-6-4-5-7-9/h4-13H,1-3H3;8-10H2,1-7H3;5-9H,1-4H3;2*6-7H,1-5H3;8-9H,1-7H3;4-7H2,1-3H3;4-7H,1-3H3. The second kappa shape index (κ2) is 36.0. The van der Waals surface area contributed by atoms with Gasteiger partial charge in [0.15, 0.2) is 0 Å². The van der Waals surface area contributed by atoms with Gasteiger partial charge in [0.2, 0.25) is 0 Å². The van der Waals surface area contributed by atoms with Crippen LogP contribution in [0.1, 0.15) is 276 Å². The molecule has 0 unspecified atom stereocenters. The van der Waals surface area contributed by atoms with Gasteiger partial charge in [-0.05, 0) is 367 Å². The summed E-state index contributed by atoms with van der Waals surface area (Å²) in [4.78, 5) is 12.4. The predicted molar refractivity (Wildman–Crippen MR) is 423 cm³/mol. The van der Waals surface area contributed by atoms with Crippen molar-refractivity contribution in [1.82, 2.24) is 28.4 Å². The number of hydrogen-bond donors (Lipinski definition) is 0. The van der Waals surface area contributed by atoms with E-state index in [0.717, 1.165) is 0 Å². The zero-order chi connectivity index (χ0) is 73.0. The molecule has 2 fully saturated rings. The van der Waals surface area contributed by atoms with E-state index in [9.17, 15) is 0 Å². The first-order chi connectivity index (χ1) is 42.5. The van der Waals surface area contributed by atoms with E-state index >= 15 is 0 Å². The van der Waals surface area contributed by atoms with Crippen molar-refractivity contribution in [3.63, 3.8) is 0 Å². The Morgan fingerprint density at radius 2 is 0.660 bits per heavy atom. The molecule has 3 aromatic carbocycles. The first-order valence-corrected chi connectivity index (χ1v) is 36.0. The van der Waals surface area contributed by atoms with Gasteiger partial charge >= 0.3 is 0 Å². The molecule has 2 aliphatic rings. The summed E-state index contributed by atoms with van der Waals surface area (Å²) in [6.45, 7) is 83.7. The Kier molecular flexibility index (Phi) is 33.3. The van der Waals surface area contributed by atoms with Crippen LogP contribution in [-0.4, -0.2) is 99.4 Å². The maximum absolute atomic E-state index is 2.70. The van der Waals surface area contributed by atoms with Crippen molar-refractivity contribution in [2.45, 2.75) is 349 Å². The summed E-state index contributed by atoms with van der Waals surface area (Å²) in [7, 11) is 2.12. The highest BCUT2D eigenvalue weighted by atomic mass is 15.3. The highest BCUT2D eigenvalue weighted by molar-refractivity contribution is 5.65. The van der Waals surface area contributed by atoms with Crippen molar-refractivity contribution < 1.29 is 0 Å². The van der Waals surface area contributed by atoms with Gasteiger partial charge in [0, 0.05) is 127 Å². The van der Waals surface area contributed by atoms with Gasteiger partial charge in [-0.3, -0.25) is 14.7 Å². The minimum absolute atomic E-state index is 0.0582. The molecule has 5 heterocycles. The summed E-state index contributed by atoms with van der Waals surface area (Å²) in [5, 5.41) is 0. The smallest absolute Gasteiger partial charge is 0.0415 e. The van der Waals surface area contributed by atoms with E-state index in [1.807, 2.05) is 18.2 Å². The van der Waals surface area contributed by atoms with Crippen LogP contribution in [0.5, 0.6) is 0 Å². The van der Waals surface area contributed by atoms with E-state index in [1.165, 1.54) is 85.0 Å². The third-order valence-electron chi connectivity index (χ3n) is 17.5. The molecule has 0 aliphatic carbocycles. The maximum Gasteiger partial charge on any atom is 0.0415 e. The fourth-order valence-corrected chi connectivity index (χ4v) is 14.7. The Balaban J connectivity index is 0.000000542. The number of benzene rings is 3. The SMILES string of the molecule is CC(C)(C)N(c1ccccc1)c1ccccc1.CC(C)(C)N1C(C)(C)CCCC1(C)C.CC(C)(C)N1CCCC1.CC(C)(C)n1cccc1.CC(C)N(C(C)C)C(C)(C)C.CN(c1ccccc1)C(C)(C)C.Cc1ccc(C)n1C(C)(C)C.Cc1ccc(C)n1C(C)(C)C. The average molecular weight is 1300 g/mol. The number of hydrogen-bond acceptors (Lipinski definition) is 5. The third-order valence-corrected chi connectivity index (χ3v) is 17.5. The molecule has 0 N–H and O–H groups in total. The summed E-state index contributed by atoms with van der Waals surface area (Å²) in [6, 6.07) is 45.5. The Morgan fingerprint density at radius 1 is 0.351 bits per heavy atom. The van der Waals surface area contributed by atoms with Crippen LogP contribution in [-0.2, 0) is 16.6 Å². The number of para-hydroxylation sites is 3. The molecule has 534 valence electrons. The fourth-order valence-electron chi connectivity index (χ4n) is 14.7. The second-order valence-corrected chi connectivity index (χ2v) is 36.4. The molecule has 2 saturated heterocycles. The van der Waals surface area contributed by atoms with E-state index < -0.39 is 0 Å². The van der Waals surface area contributed by atoms with Crippen molar-refractivity contribution in [2.24, 2.45) is 0 Å². The van der Waals surface area contributed by atoms with Gasteiger partial charge in [0.25, 0.3) is 0 Å². The lowest BCUT2D eigenvalue weighted by Gasteiger charge is -2.59. The van der Waals surface area contributed by atoms with Crippen molar-refractivity contribution >= 4 is 17.1 Å². The number of aromatic nitrogens is 3. The molecule has 8 heteroatoms. The summed E-state index contributed by atoms with van der Waals surface area (Å²) >= 11 is 0. The molecular formula is C86H150N8. The number of aryl methyl sites for hydroxylation is 4. The summed E-state index contributed by atoms with van der Waals surface area (Å²) in [5.74, 6) is 0. The number of likely N-dealkylation sites (tertiary alicyclic amines) is 2. The highest BCUT2D eigenvalue weighted by Gasteiger charge is 2.46. The largest absolute Gasteiger partial charge is 0.370 e. The Morgan fingerprint density at radius 3 is 0.840 bits per heavy atom. The quantitative estimate of drug-likeness (QED) is 0.172. The van der Waals surface area contributed by atoms with Crippen molar-refractivity contribution in [3.05, 3.63) is 163 Å². The maximum atomic E-state index is 2.70. The number of nitrogens with zero attached hydrogens (tertiary/aromatic N) is 8. The van der Waals surface area contributed by atoms with Gasteiger partial charge in [0.05, 0.1) is 0 Å². The molecule has 0 bridgehead atoms. The molecule has 0 radical (unpaired) electrons. The minimum atomic E-state index is 0.0582. The lowest BCUT2D eigenvalue weighted by atomic mass is 9.76. The summed E-state index contributed by atoms with van der Waals surface area (Å²) in [6.07, 6.45) is 11.0. The minimum Gasteiger partial charge on any atom is -0.370 e. The van der Waals surface area contributed by atoms with E-state index in [-0.39, 0.29) is 33.2 Å². The van der Waals surface area contributed by atoms with Crippen molar-refractivity contribution in [3.8, 4) is 0 Å². The molecule has 8 rings (SSSR count). The molecule has 94 heavy (non-hydrogen) atoms. The molecule has 0 amide bonds. The van der Waals surface area contributed by atoms with E-state index in [2.05, 4.69) is 416 Å². The molecule has 0 atom stereocenters. The van der Waals surface area contributed by atoms with Gasteiger partial charge in [-0.15, -0.1) is 0 Å². The van der Waals surface area contributed by atoms with Crippen molar-refractivity contribution in [1.29, 1.82) is 0 Å². The van der Waals surface area contributed by atoms with Crippen LogP contribution in [0.25, 0.3) is 0 Å². The molecule has 0 saturated carbocycles. The first kappa shape index (κ1) is 87.0. The zero-order valence-corrected chi connectivity index (χ0v) is 68.5. The van der Waals surface area contributed by atoms with Gasteiger partial charge in [0.1, 0.15) is 0 Å². The molecule has 2 aliphatic heterocycles. The van der Waals surface area contributed by atoms with Crippen LogP contribution in [0.15, 0.2) is 140 Å². The third kappa shape index (κ3) is 29.8. The Bertz CT molecular complexity index is 2790. The zero-order valence-electron chi connectivity index (χ0n) is 68.5. The molecular weight excluding hydrogens is 1150 g/mol. The summed E-state index contributed by atoms with van der Waals surface area (Å²) in [5.41, 5.74) is 11.7. The fraction of sp³-hybridized carbons (Fsp3) is 0.651. The van der Waals surface area contributed by atoms with Crippen LogP contribution in [0.2, 0.25) is 0 Å². The number of rotatable bonds is 5. The van der Waals surface area contributed by atoms with Crippen LogP contribution < -0.4 is 9.80 Å². The van der Waals surface area contributed by atoms with Gasteiger partial charge < -0.3 is 23.5 Å². The Labute approximate surface area is 583 Å². The summed E-state index contributed by atoms with van der Waals surface area (Å²) < 4.78 is 6.90. The topological polar surface area (TPSA) is 31.0 Å². The lowest BCUT2D eigenvalue weighted by molar-refractivity contribution is -0.0896. The van der Waals surface area contributed by atoms with Gasteiger partial charge in [-0.1, -0.05) is 54.6 Å². The van der Waals surface area contributed by atoms with Gasteiger partial charge in [-0.25, -0.2) is 0 Å². The van der Waals surface area contributed by atoms with Crippen LogP contribution >= 0.6 is 0 Å². The lowest BCUT2D eigenvalue weighted by Crippen LogP contribution is -2.65. The number of piperidine rings is 1. The average Bonchev–Trinajstić information content (AvgIpc) is 1.06. The molecule has 6 aromatic rings. The van der Waals surface area contributed by atoms with E-state index in [4.69, 9.17) is 0 Å². The van der Waals surface area contributed by atoms with E-state index in [1.54, 1.807) is 0 Å². The van der Waals surface area contributed by atoms with Crippen LogP contribution in [0, 0.1) is 27.7 Å². The van der Waals surface area contributed by atoms with Crippen LogP contribution in [0.3, 0.4) is 0 Å². The van der Waals surface area contributed by atoms with Gasteiger partial charge in [-0.2, -0.15) is 0 Å². The van der Waals surface area contributed by atoms with Crippen molar-refractivity contribution in [2.75, 3.05) is 29.9 Å². The monoisotopic (exact) mass is 1300 g/mol. The normalized spacial score (nSPS) is 15.4. The van der Waals surface area contributed by atoms with Crippen LogP contribution in [0.4, 0.5) is 17.1 Å². The predicted octanol–water partition coefficient (Wildman–Crippen LogP) is 24.1. The second-order valence-electron chi connectivity index (χ2n) is 36.4. The molecule has 3 aromatic heterocycles. The first-order valence-electron chi connectivity index (χ1n) is 36.0. The number of anilines is 3. The van der Waals surface area contributed by atoms with E-state index in [0.29, 0.717) is 34.2 Å². The highest BCUT2D eigenvalue weighted by Crippen LogP contribution is 2.43. The molecule has 8 nitrogen and oxygen atoms in total. The molecule has 0 spiro atoms. The Hall–Kier alpha value is -5.02.